The first-order chi connectivity index (χ1) is 7.52. The minimum atomic E-state index is 0.250. The van der Waals surface area contributed by atoms with Gasteiger partial charge in [0.15, 0.2) is 0 Å². The molecular weight excluding hydrogens is 200 g/mol. The summed E-state index contributed by atoms with van der Waals surface area (Å²) in [5.74, 6) is 0.962. The van der Waals surface area contributed by atoms with Gasteiger partial charge in [-0.05, 0) is 25.8 Å². The summed E-state index contributed by atoms with van der Waals surface area (Å²) in [6.07, 6.45) is 2.79. The van der Waals surface area contributed by atoms with E-state index < -0.39 is 0 Å². The second kappa shape index (κ2) is 8.57. The Morgan fingerprint density at radius 2 is 1.88 bits per heavy atom. The molecule has 0 aliphatic heterocycles. The van der Waals surface area contributed by atoms with Crippen molar-refractivity contribution in [2.75, 3.05) is 20.1 Å². The molecule has 1 N–H and O–H groups in total. The maximum atomic E-state index is 11.6. The van der Waals surface area contributed by atoms with Crippen LogP contribution in [0.15, 0.2) is 0 Å². The largest absolute Gasteiger partial charge is 0.342 e. The van der Waals surface area contributed by atoms with E-state index in [-0.39, 0.29) is 11.9 Å². The Labute approximate surface area is 101 Å². The van der Waals surface area contributed by atoms with Crippen LogP contribution in [-0.2, 0) is 4.79 Å². The lowest BCUT2D eigenvalue weighted by Crippen LogP contribution is -2.42. The number of carbonyl (C=O) groups excluding carboxylic acids is 1. The van der Waals surface area contributed by atoms with E-state index in [1.54, 1.807) is 0 Å². The van der Waals surface area contributed by atoms with Gasteiger partial charge in [0, 0.05) is 26.1 Å². The van der Waals surface area contributed by atoms with Gasteiger partial charge >= 0.3 is 0 Å². The highest BCUT2D eigenvalue weighted by molar-refractivity contribution is 5.76. The summed E-state index contributed by atoms with van der Waals surface area (Å²) in [7, 11) is 1.90. The van der Waals surface area contributed by atoms with Crippen LogP contribution in [0, 0.1) is 5.92 Å². The molecule has 3 nitrogen and oxygen atoms in total. The van der Waals surface area contributed by atoms with E-state index in [1.165, 1.54) is 6.42 Å². The average molecular weight is 228 g/mol. The molecule has 1 unspecified atom stereocenters. The summed E-state index contributed by atoms with van der Waals surface area (Å²) in [5.41, 5.74) is 0. The molecular formula is C13H28N2O. The highest BCUT2D eigenvalue weighted by Crippen LogP contribution is 2.01. The third kappa shape index (κ3) is 6.11. The van der Waals surface area contributed by atoms with Crippen LogP contribution in [0.2, 0.25) is 0 Å². The van der Waals surface area contributed by atoms with Crippen molar-refractivity contribution in [2.45, 2.75) is 53.0 Å². The molecule has 16 heavy (non-hydrogen) atoms. The molecule has 0 aromatic carbocycles. The van der Waals surface area contributed by atoms with Crippen LogP contribution in [0.5, 0.6) is 0 Å². The van der Waals surface area contributed by atoms with Crippen LogP contribution in [-0.4, -0.2) is 37.0 Å². The highest BCUT2D eigenvalue weighted by Gasteiger charge is 2.14. The fourth-order valence-corrected chi connectivity index (χ4v) is 1.46. The third-order valence-electron chi connectivity index (χ3n) is 3.15. The summed E-state index contributed by atoms with van der Waals surface area (Å²) < 4.78 is 0. The van der Waals surface area contributed by atoms with Gasteiger partial charge in [0.05, 0.1) is 0 Å². The molecule has 0 rings (SSSR count). The molecule has 0 heterocycles. The predicted octanol–water partition coefficient (Wildman–Crippen LogP) is 2.27. The Morgan fingerprint density at radius 1 is 1.25 bits per heavy atom. The van der Waals surface area contributed by atoms with Crippen LogP contribution in [0.1, 0.15) is 47.0 Å². The van der Waals surface area contributed by atoms with Gasteiger partial charge in [-0.3, -0.25) is 4.79 Å². The molecule has 0 aromatic rings. The standard InChI is InChI=1S/C13H28N2O/c1-6-8-13(16)15(5)12(4)10-14-9-11(3)7-2/h11-12,14H,6-10H2,1-5H3/t11?,12-/m0/s1. The molecule has 0 bridgehead atoms. The van der Waals surface area contributed by atoms with Crippen LogP contribution in [0.4, 0.5) is 0 Å². The summed E-state index contributed by atoms with van der Waals surface area (Å²) in [6, 6.07) is 0.281. The van der Waals surface area contributed by atoms with Crippen molar-refractivity contribution in [1.29, 1.82) is 0 Å². The molecule has 1 amide bonds. The number of amides is 1. The first-order valence-electron chi connectivity index (χ1n) is 6.49. The molecule has 0 aliphatic carbocycles. The fraction of sp³-hybridized carbons (Fsp3) is 0.923. The Hall–Kier alpha value is -0.570. The molecule has 0 radical (unpaired) electrons. The molecule has 0 spiro atoms. The summed E-state index contributed by atoms with van der Waals surface area (Å²) in [5, 5.41) is 3.42. The second-order valence-electron chi connectivity index (χ2n) is 4.78. The molecule has 3 heteroatoms. The molecule has 0 aromatic heterocycles. The lowest BCUT2D eigenvalue weighted by atomic mass is 10.1. The van der Waals surface area contributed by atoms with Crippen molar-refractivity contribution >= 4 is 5.91 Å². The summed E-state index contributed by atoms with van der Waals surface area (Å²) in [4.78, 5) is 13.5. The van der Waals surface area contributed by atoms with Crippen LogP contribution < -0.4 is 5.32 Å². The van der Waals surface area contributed by atoms with Crippen LogP contribution >= 0.6 is 0 Å². The molecule has 2 atom stereocenters. The van der Waals surface area contributed by atoms with Gasteiger partial charge in [-0.25, -0.2) is 0 Å². The minimum Gasteiger partial charge on any atom is -0.342 e. The fourth-order valence-electron chi connectivity index (χ4n) is 1.46. The number of rotatable bonds is 8. The Balaban J connectivity index is 3.78. The molecule has 0 saturated heterocycles. The summed E-state index contributed by atoms with van der Waals surface area (Å²) >= 11 is 0. The first-order valence-corrected chi connectivity index (χ1v) is 6.49. The van der Waals surface area contributed by atoms with Gasteiger partial charge in [0.1, 0.15) is 0 Å². The SMILES string of the molecule is CCCC(=O)N(C)[C@@H](C)CNCC(C)CC. The second-order valence-corrected chi connectivity index (χ2v) is 4.78. The Bertz CT molecular complexity index is 194. The van der Waals surface area contributed by atoms with E-state index in [2.05, 4.69) is 26.1 Å². The maximum absolute atomic E-state index is 11.6. The lowest BCUT2D eigenvalue weighted by Gasteiger charge is -2.25. The molecule has 0 aliphatic rings. The molecule has 0 saturated carbocycles. The normalized spacial score (nSPS) is 14.6. The minimum absolute atomic E-state index is 0.250. The van der Waals surface area contributed by atoms with E-state index in [9.17, 15) is 4.79 Å². The van der Waals surface area contributed by atoms with Gasteiger partial charge in [-0.2, -0.15) is 0 Å². The van der Waals surface area contributed by atoms with Gasteiger partial charge in [0.25, 0.3) is 0 Å². The first kappa shape index (κ1) is 15.4. The van der Waals surface area contributed by atoms with E-state index >= 15 is 0 Å². The van der Waals surface area contributed by atoms with Crippen molar-refractivity contribution in [2.24, 2.45) is 5.92 Å². The topological polar surface area (TPSA) is 32.3 Å². The number of likely N-dealkylation sites (N-methyl/N-ethyl adjacent to an activating group) is 1. The molecule has 96 valence electrons. The van der Waals surface area contributed by atoms with Crippen molar-refractivity contribution in [3.8, 4) is 0 Å². The van der Waals surface area contributed by atoms with E-state index in [1.807, 2.05) is 18.9 Å². The number of hydrogen-bond acceptors (Lipinski definition) is 2. The zero-order valence-electron chi connectivity index (χ0n) is 11.5. The van der Waals surface area contributed by atoms with Crippen molar-refractivity contribution < 1.29 is 4.79 Å². The number of nitrogens with zero attached hydrogens (tertiary/aromatic N) is 1. The lowest BCUT2D eigenvalue weighted by molar-refractivity contribution is -0.131. The monoisotopic (exact) mass is 228 g/mol. The number of carbonyl (C=O) groups is 1. The zero-order valence-corrected chi connectivity index (χ0v) is 11.5. The average Bonchev–Trinajstić information content (AvgIpc) is 2.27. The number of nitrogens with one attached hydrogen (secondary N) is 1. The van der Waals surface area contributed by atoms with Crippen molar-refractivity contribution in [3.05, 3.63) is 0 Å². The quantitative estimate of drug-likeness (QED) is 0.691. The van der Waals surface area contributed by atoms with E-state index in [0.717, 1.165) is 19.5 Å². The Kier molecular flexibility index (Phi) is 8.26. The molecule has 0 fully saturated rings. The van der Waals surface area contributed by atoms with Gasteiger partial charge < -0.3 is 10.2 Å². The van der Waals surface area contributed by atoms with Crippen molar-refractivity contribution in [3.63, 3.8) is 0 Å². The van der Waals surface area contributed by atoms with E-state index in [4.69, 9.17) is 0 Å². The maximum Gasteiger partial charge on any atom is 0.222 e. The highest BCUT2D eigenvalue weighted by atomic mass is 16.2. The van der Waals surface area contributed by atoms with Gasteiger partial charge in [-0.1, -0.05) is 27.2 Å². The van der Waals surface area contributed by atoms with Crippen LogP contribution in [0.3, 0.4) is 0 Å². The third-order valence-corrected chi connectivity index (χ3v) is 3.15. The van der Waals surface area contributed by atoms with Crippen molar-refractivity contribution in [1.82, 2.24) is 10.2 Å². The number of hydrogen-bond donors (Lipinski definition) is 1. The smallest absolute Gasteiger partial charge is 0.222 e. The van der Waals surface area contributed by atoms with Gasteiger partial charge in [-0.15, -0.1) is 0 Å². The zero-order chi connectivity index (χ0) is 12.6. The van der Waals surface area contributed by atoms with E-state index in [0.29, 0.717) is 12.3 Å². The predicted molar refractivity (Wildman–Crippen MR) is 69.5 cm³/mol. The Morgan fingerprint density at radius 3 is 2.38 bits per heavy atom. The van der Waals surface area contributed by atoms with Crippen LogP contribution in [0.25, 0.3) is 0 Å². The summed E-state index contributed by atoms with van der Waals surface area (Å²) in [6.45, 7) is 10.5. The van der Waals surface area contributed by atoms with Gasteiger partial charge in [0.2, 0.25) is 5.91 Å².